The van der Waals surface area contributed by atoms with E-state index in [1.165, 1.54) is 0 Å². The van der Waals surface area contributed by atoms with Crippen LogP contribution < -0.4 is 5.32 Å². The molecule has 0 aliphatic rings. The SMILES string of the molecule is CCN(CC)C(=O)c1cc(-c2nc(Nc3ccsc3)ncc2C)ccn1. The molecule has 0 atom stereocenters. The first-order chi connectivity index (χ1) is 12.6. The average molecular weight is 367 g/mol. The third-order valence-corrected chi connectivity index (χ3v) is 4.74. The Labute approximate surface area is 157 Å². The van der Waals surface area contributed by atoms with Gasteiger partial charge in [0.2, 0.25) is 5.95 Å². The molecule has 0 unspecified atom stereocenters. The molecule has 0 radical (unpaired) electrons. The molecule has 6 nitrogen and oxygen atoms in total. The summed E-state index contributed by atoms with van der Waals surface area (Å²) in [5.41, 5.74) is 3.96. The lowest BCUT2D eigenvalue weighted by Gasteiger charge is -2.18. The molecular formula is C19H21N5OS. The van der Waals surface area contributed by atoms with Gasteiger partial charge in [0.1, 0.15) is 5.69 Å². The molecule has 0 aromatic carbocycles. The third kappa shape index (κ3) is 3.88. The van der Waals surface area contributed by atoms with E-state index in [2.05, 4.69) is 20.3 Å². The fourth-order valence-electron chi connectivity index (χ4n) is 2.63. The van der Waals surface area contributed by atoms with Crippen LogP contribution in [0.3, 0.4) is 0 Å². The molecule has 0 fully saturated rings. The summed E-state index contributed by atoms with van der Waals surface area (Å²) in [5.74, 6) is 0.456. The topological polar surface area (TPSA) is 71.0 Å². The molecule has 0 aliphatic carbocycles. The molecule has 3 aromatic rings. The van der Waals surface area contributed by atoms with E-state index < -0.39 is 0 Å². The molecule has 0 spiro atoms. The molecule has 134 valence electrons. The second-order valence-corrected chi connectivity index (χ2v) is 6.55. The molecule has 0 bridgehead atoms. The average Bonchev–Trinajstić information content (AvgIpc) is 3.17. The second-order valence-electron chi connectivity index (χ2n) is 5.77. The van der Waals surface area contributed by atoms with Crippen molar-refractivity contribution in [2.45, 2.75) is 20.8 Å². The van der Waals surface area contributed by atoms with Gasteiger partial charge in [-0.3, -0.25) is 9.78 Å². The molecule has 0 saturated carbocycles. The number of rotatable bonds is 6. The molecule has 0 saturated heterocycles. The van der Waals surface area contributed by atoms with Crippen LogP contribution in [0.5, 0.6) is 0 Å². The molecule has 7 heteroatoms. The van der Waals surface area contributed by atoms with Crippen molar-refractivity contribution in [1.29, 1.82) is 0 Å². The molecular weight excluding hydrogens is 346 g/mol. The minimum Gasteiger partial charge on any atom is -0.338 e. The molecule has 1 amide bonds. The van der Waals surface area contributed by atoms with Crippen molar-refractivity contribution in [3.05, 3.63) is 52.6 Å². The van der Waals surface area contributed by atoms with Crippen LogP contribution in [-0.4, -0.2) is 38.8 Å². The maximum absolute atomic E-state index is 12.6. The van der Waals surface area contributed by atoms with E-state index in [0.717, 1.165) is 22.5 Å². The number of aromatic nitrogens is 3. The minimum atomic E-state index is -0.0693. The molecule has 0 aliphatic heterocycles. The number of hydrogen-bond donors (Lipinski definition) is 1. The zero-order valence-electron chi connectivity index (χ0n) is 15.1. The summed E-state index contributed by atoms with van der Waals surface area (Å²) in [4.78, 5) is 27.5. The van der Waals surface area contributed by atoms with Gasteiger partial charge >= 0.3 is 0 Å². The largest absolute Gasteiger partial charge is 0.338 e. The van der Waals surface area contributed by atoms with E-state index in [1.807, 2.05) is 43.7 Å². The predicted octanol–water partition coefficient (Wildman–Crippen LogP) is 4.13. The summed E-state index contributed by atoms with van der Waals surface area (Å²) in [6.07, 6.45) is 3.43. The Morgan fingerprint density at radius 2 is 2.04 bits per heavy atom. The number of pyridine rings is 1. The number of carbonyl (C=O) groups is 1. The highest BCUT2D eigenvalue weighted by molar-refractivity contribution is 7.08. The maximum atomic E-state index is 12.6. The van der Waals surface area contributed by atoms with Gasteiger partial charge in [-0.1, -0.05) is 0 Å². The molecule has 3 rings (SSSR count). The number of carbonyl (C=O) groups excluding carboxylic acids is 1. The first kappa shape index (κ1) is 18.0. The zero-order valence-corrected chi connectivity index (χ0v) is 15.9. The summed E-state index contributed by atoms with van der Waals surface area (Å²) in [7, 11) is 0. The van der Waals surface area contributed by atoms with E-state index in [0.29, 0.717) is 24.7 Å². The molecule has 3 aromatic heterocycles. The third-order valence-electron chi connectivity index (χ3n) is 4.05. The van der Waals surface area contributed by atoms with Gasteiger partial charge in [-0.25, -0.2) is 9.97 Å². The van der Waals surface area contributed by atoms with Gasteiger partial charge in [-0.15, -0.1) is 0 Å². The monoisotopic (exact) mass is 367 g/mol. The Kier molecular flexibility index (Phi) is 5.58. The first-order valence-electron chi connectivity index (χ1n) is 8.51. The predicted molar refractivity (Wildman–Crippen MR) is 105 cm³/mol. The highest BCUT2D eigenvalue weighted by Crippen LogP contribution is 2.24. The Balaban J connectivity index is 1.93. The number of hydrogen-bond acceptors (Lipinski definition) is 6. The van der Waals surface area contributed by atoms with Crippen LogP contribution in [0.4, 0.5) is 11.6 Å². The number of amides is 1. The summed E-state index contributed by atoms with van der Waals surface area (Å²) in [6.45, 7) is 7.19. The van der Waals surface area contributed by atoms with Crippen molar-refractivity contribution in [3.8, 4) is 11.3 Å². The number of nitrogens with one attached hydrogen (secondary N) is 1. The smallest absolute Gasteiger partial charge is 0.272 e. The summed E-state index contributed by atoms with van der Waals surface area (Å²) in [5, 5.41) is 7.18. The van der Waals surface area contributed by atoms with Crippen LogP contribution >= 0.6 is 11.3 Å². The van der Waals surface area contributed by atoms with Crippen molar-refractivity contribution in [3.63, 3.8) is 0 Å². The van der Waals surface area contributed by atoms with Crippen LogP contribution in [-0.2, 0) is 0 Å². The lowest BCUT2D eigenvalue weighted by Crippen LogP contribution is -2.31. The number of nitrogens with zero attached hydrogens (tertiary/aromatic N) is 4. The highest BCUT2D eigenvalue weighted by atomic mass is 32.1. The molecule has 1 N–H and O–H groups in total. The van der Waals surface area contributed by atoms with Crippen LogP contribution in [0.1, 0.15) is 29.9 Å². The zero-order chi connectivity index (χ0) is 18.5. The van der Waals surface area contributed by atoms with Crippen LogP contribution in [0.2, 0.25) is 0 Å². The number of thiophene rings is 1. The van der Waals surface area contributed by atoms with Crippen LogP contribution in [0.15, 0.2) is 41.4 Å². The van der Waals surface area contributed by atoms with Gasteiger partial charge < -0.3 is 10.2 Å². The Hall–Kier alpha value is -2.80. The van der Waals surface area contributed by atoms with Gasteiger partial charge in [0.25, 0.3) is 5.91 Å². The quantitative estimate of drug-likeness (QED) is 0.709. The lowest BCUT2D eigenvalue weighted by atomic mass is 10.1. The van der Waals surface area contributed by atoms with Crippen LogP contribution in [0.25, 0.3) is 11.3 Å². The Morgan fingerprint density at radius 1 is 1.23 bits per heavy atom. The van der Waals surface area contributed by atoms with E-state index in [-0.39, 0.29) is 5.91 Å². The van der Waals surface area contributed by atoms with E-state index in [9.17, 15) is 4.79 Å². The van der Waals surface area contributed by atoms with E-state index in [4.69, 9.17) is 0 Å². The maximum Gasteiger partial charge on any atom is 0.272 e. The van der Waals surface area contributed by atoms with Gasteiger partial charge in [0.15, 0.2) is 0 Å². The number of anilines is 2. The fraction of sp³-hybridized carbons (Fsp3) is 0.263. The minimum absolute atomic E-state index is 0.0693. The van der Waals surface area contributed by atoms with Gasteiger partial charge in [0, 0.05) is 36.4 Å². The van der Waals surface area contributed by atoms with Crippen molar-refractivity contribution in [1.82, 2.24) is 19.9 Å². The highest BCUT2D eigenvalue weighted by Gasteiger charge is 2.16. The summed E-state index contributed by atoms with van der Waals surface area (Å²) >= 11 is 1.61. The summed E-state index contributed by atoms with van der Waals surface area (Å²) < 4.78 is 0. The fourth-order valence-corrected chi connectivity index (χ4v) is 3.21. The standard InChI is InChI=1S/C19H21N5OS/c1-4-24(5-2)18(25)16-10-14(6-8-20-16)17-13(3)11-21-19(23-17)22-15-7-9-26-12-15/h6-12H,4-5H2,1-3H3,(H,21,22,23). The lowest BCUT2D eigenvalue weighted by molar-refractivity contribution is 0.0767. The van der Waals surface area contributed by atoms with Crippen LogP contribution in [0, 0.1) is 6.92 Å². The van der Waals surface area contributed by atoms with E-state index >= 15 is 0 Å². The van der Waals surface area contributed by atoms with Gasteiger partial charge in [-0.2, -0.15) is 11.3 Å². The van der Waals surface area contributed by atoms with Gasteiger partial charge in [-0.05, 0) is 49.9 Å². The second kappa shape index (κ2) is 8.05. The van der Waals surface area contributed by atoms with Crippen molar-refractivity contribution >= 4 is 28.9 Å². The summed E-state index contributed by atoms with van der Waals surface area (Å²) in [6, 6.07) is 5.63. The Morgan fingerprint density at radius 3 is 2.73 bits per heavy atom. The Bertz CT molecular complexity index is 891. The van der Waals surface area contributed by atoms with Crippen molar-refractivity contribution in [2.75, 3.05) is 18.4 Å². The molecule has 26 heavy (non-hydrogen) atoms. The normalized spacial score (nSPS) is 10.6. The molecule has 3 heterocycles. The van der Waals surface area contributed by atoms with Crippen molar-refractivity contribution < 1.29 is 4.79 Å². The first-order valence-corrected chi connectivity index (χ1v) is 9.45. The van der Waals surface area contributed by atoms with E-state index in [1.54, 1.807) is 34.7 Å². The number of aryl methyl sites for hydroxylation is 1. The van der Waals surface area contributed by atoms with Crippen molar-refractivity contribution in [2.24, 2.45) is 0 Å². The van der Waals surface area contributed by atoms with Gasteiger partial charge in [0.05, 0.1) is 11.4 Å².